The standard InChI is InChI=1S/C13H14ClN3O3S/c1-8-10(4-6-13(14)16-8)17-21(18,19)12-5-3-9(15)7-11(12)20-2/h3-7,17H,15H2,1-2H3. The van der Waals surface area contributed by atoms with Crippen LogP contribution in [0.15, 0.2) is 35.2 Å². The second-order valence-electron chi connectivity index (χ2n) is 4.28. The number of ether oxygens (including phenoxy) is 1. The zero-order valence-electron chi connectivity index (χ0n) is 11.4. The summed E-state index contributed by atoms with van der Waals surface area (Å²) in [5.41, 5.74) is 6.85. The van der Waals surface area contributed by atoms with Gasteiger partial charge in [-0.15, -0.1) is 0 Å². The number of methoxy groups -OCH3 is 1. The molecule has 0 saturated heterocycles. The maximum Gasteiger partial charge on any atom is 0.265 e. The van der Waals surface area contributed by atoms with E-state index in [1.807, 2.05) is 0 Å². The molecule has 3 N–H and O–H groups in total. The van der Waals surface area contributed by atoms with Gasteiger partial charge in [0.1, 0.15) is 15.8 Å². The van der Waals surface area contributed by atoms with E-state index in [0.717, 1.165) is 0 Å². The second kappa shape index (κ2) is 5.79. The van der Waals surface area contributed by atoms with Gasteiger partial charge in [-0.25, -0.2) is 13.4 Å². The topological polar surface area (TPSA) is 94.3 Å². The second-order valence-corrected chi connectivity index (χ2v) is 6.32. The molecule has 21 heavy (non-hydrogen) atoms. The van der Waals surface area contributed by atoms with E-state index in [-0.39, 0.29) is 10.6 Å². The largest absolute Gasteiger partial charge is 0.495 e. The summed E-state index contributed by atoms with van der Waals surface area (Å²) >= 11 is 5.75. The molecular weight excluding hydrogens is 314 g/mol. The number of nitrogens with two attached hydrogens (primary N) is 1. The number of rotatable bonds is 4. The summed E-state index contributed by atoms with van der Waals surface area (Å²) in [5, 5.41) is 0.292. The first-order chi connectivity index (χ1) is 9.83. The molecule has 2 aromatic rings. The number of halogens is 1. The average molecular weight is 328 g/mol. The van der Waals surface area contributed by atoms with E-state index in [1.165, 1.54) is 31.4 Å². The van der Waals surface area contributed by atoms with Gasteiger partial charge in [0.05, 0.1) is 18.5 Å². The fourth-order valence-electron chi connectivity index (χ4n) is 1.74. The molecule has 1 aromatic heterocycles. The van der Waals surface area contributed by atoms with Crippen LogP contribution >= 0.6 is 11.6 Å². The lowest BCUT2D eigenvalue weighted by atomic mass is 10.3. The Hall–Kier alpha value is -1.99. The highest BCUT2D eigenvalue weighted by molar-refractivity contribution is 7.92. The Morgan fingerprint density at radius 2 is 2.00 bits per heavy atom. The van der Waals surface area contributed by atoms with Gasteiger partial charge in [0.15, 0.2) is 0 Å². The molecule has 0 radical (unpaired) electrons. The molecule has 0 fully saturated rings. The Balaban J connectivity index is 2.43. The van der Waals surface area contributed by atoms with Gasteiger partial charge in [-0.2, -0.15) is 0 Å². The van der Waals surface area contributed by atoms with E-state index >= 15 is 0 Å². The van der Waals surface area contributed by atoms with Crippen LogP contribution in [0.25, 0.3) is 0 Å². The van der Waals surface area contributed by atoms with Crippen molar-refractivity contribution in [3.63, 3.8) is 0 Å². The van der Waals surface area contributed by atoms with Crippen LogP contribution in [0.1, 0.15) is 5.69 Å². The molecular formula is C13H14ClN3O3S. The van der Waals surface area contributed by atoms with Gasteiger partial charge in [-0.3, -0.25) is 4.72 Å². The van der Waals surface area contributed by atoms with Crippen LogP contribution in [0.4, 0.5) is 11.4 Å². The smallest absolute Gasteiger partial charge is 0.265 e. The highest BCUT2D eigenvalue weighted by Crippen LogP contribution is 2.28. The van der Waals surface area contributed by atoms with Crippen molar-refractivity contribution < 1.29 is 13.2 Å². The number of hydrogen-bond donors (Lipinski definition) is 2. The van der Waals surface area contributed by atoms with Crippen molar-refractivity contribution in [2.24, 2.45) is 0 Å². The van der Waals surface area contributed by atoms with E-state index in [9.17, 15) is 8.42 Å². The van der Waals surface area contributed by atoms with Crippen molar-refractivity contribution in [2.45, 2.75) is 11.8 Å². The Bertz CT molecular complexity index is 778. The number of aryl methyl sites for hydroxylation is 1. The molecule has 1 heterocycles. The average Bonchev–Trinajstić information content (AvgIpc) is 2.41. The summed E-state index contributed by atoms with van der Waals surface area (Å²) in [6, 6.07) is 7.37. The number of pyridine rings is 1. The molecule has 1 aromatic carbocycles. The summed E-state index contributed by atoms with van der Waals surface area (Å²) in [7, 11) is -2.44. The van der Waals surface area contributed by atoms with Gasteiger partial charge >= 0.3 is 0 Å². The van der Waals surface area contributed by atoms with Crippen LogP contribution in [-0.2, 0) is 10.0 Å². The third-order valence-electron chi connectivity index (χ3n) is 2.77. The van der Waals surface area contributed by atoms with E-state index < -0.39 is 10.0 Å². The molecule has 0 aliphatic heterocycles. The predicted octanol–water partition coefficient (Wildman–Crippen LogP) is 2.44. The van der Waals surface area contributed by atoms with Gasteiger partial charge in [0, 0.05) is 11.8 Å². The maximum absolute atomic E-state index is 12.4. The minimum Gasteiger partial charge on any atom is -0.495 e. The molecule has 0 atom stereocenters. The molecule has 112 valence electrons. The fourth-order valence-corrected chi connectivity index (χ4v) is 3.20. The van der Waals surface area contributed by atoms with Crippen molar-refractivity contribution in [3.8, 4) is 5.75 Å². The van der Waals surface area contributed by atoms with Crippen LogP contribution in [0, 0.1) is 6.92 Å². The van der Waals surface area contributed by atoms with Crippen molar-refractivity contribution in [2.75, 3.05) is 17.6 Å². The Morgan fingerprint density at radius 1 is 1.29 bits per heavy atom. The van der Waals surface area contributed by atoms with Gasteiger partial charge in [0.2, 0.25) is 0 Å². The summed E-state index contributed by atoms with van der Waals surface area (Å²) in [6.07, 6.45) is 0. The molecule has 0 unspecified atom stereocenters. The normalized spacial score (nSPS) is 11.2. The number of aromatic nitrogens is 1. The summed E-state index contributed by atoms with van der Waals surface area (Å²) in [5.74, 6) is 0.169. The van der Waals surface area contributed by atoms with Gasteiger partial charge in [0.25, 0.3) is 10.0 Å². The first-order valence-electron chi connectivity index (χ1n) is 5.93. The fraction of sp³-hybridized carbons (Fsp3) is 0.154. The minimum absolute atomic E-state index is 0.00597. The number of anilines is 2. The van der Waals surface area contributed by atoms with Crippen LogP contribution in [0.2, 0.25) is 5.15 Å². The molecule has 8 heteroatoms. The first kappa shape index (κ1) is 15.4. The lowest BCUT2D eigenvalue weighted by Crippen LogP contribution is -2.15. The molecule has 2 rings (SSSR count). The molecule has 0 saturated carbocycles. The monoisotopic (exact) mass is 327 g/mol. The molecule has 0 spiro atoms. The van der Waals surface area contributed by atoms with Crippen LogP contribution in [-0.4, -0.2) is 20.5 Å². The molecule has 0 amide bonds. The van der Waals surface area contributed by atoms with Crippen molar-refractivity contribution in [1.82, 2.24) is 4.98 Å². The lowest BCUT2D eigenvalue weighted by Gasteiger charge is -2.13. The van der Waals surface area contributed by atoms with Crippen molar-refractivity contribution >= 4 is 33.0 Å². The first-order valence-corrected chi connectivity index (χ1v) is 7.79. The van der Waals surface area contributed by atoms with E-state index in [4.69, 9.17) is 22.1 Å². The van der Waals surface area contributed by atoms with Crippen LogP contribution in [0.5, 0.6) is 5.75 Å². The Labute approximate surface area is 128 Å². The molecule has 6 nitrogen and oxygen atoms in total. The maximum atomic E-state index is 12.4. The summed E-state index contributed by atoms with van der Waals surface area (Å²) in [4.78, 5) is 3.99. The third kappa shape index (κ3) is 3.37. The van der Waals surface area contributed by atoms with Gasteiger partial charge < -0.3 is 10.5 Å². The zero-order valence-corrected chi connectivity index (χ0v) is 13.0. The predicted molar refractivity (Wildman–Crippen MR) is 82.2 cm³/mol. The lowest BCUT2D eigenvalue weighted by molar-refractivity contribution is 0.403. The number of sulfonamides is 1. The number of nitrogens with one attached hydrogen (secondary N) is 1. The third-order valence-corrected chi connectivity index (χ3v) is 4.39. The van der Waals surface area contributed by atoms with E-state index in [1.54, 1.807) is 13.0 Å². The van der Waals surface area contributed by atoms with Crippen molar-refractivity contribution in [3.05, 3.63) is 41.2 Å². The molecule has 0 aliphatic carbocycles. The number of hydrogen-bond acceptors (Lipinski definition) is 5. The minimum atomic E-state index is -3.82. The van der Waals surface area contributed by atoms with Gasteiger partial charge in [-0.05, 0) is 31.2 Å². The number of nitrogens with zero attached hydrogens (tertiary/aromatic N) is 1. The number of nitrogen functional groups attached to an aromatic ring is 1. The Morgan fingerprint density at radius 3 is 2.62 bits per heavy atom. The molecule has 0 aliphatic rings. The SMILES string of the molecule is COc1cc(N)ccc1S(=O)(=O)Nc1ccc(Cl)nc1C. The number of benzene rings is 1. The molecule has 0 bridgehead atoms. The summed E-state index contributed by atoms with van der Waals surface area (Å²) in [6.45, 7) is 1.66. The quantitative estimate of drug-likeness (QED) is 0.664. The van der Waals surface area contributed by atoms with Gasteiger partial charge in [-0.1, -0.05) is 11.6 Å². The van der Waals surface area contributed by atoms with E-state index in [2.05, 4.69) is 9.71 Å². The van der Waals surface area contributed by atoms with Crippen LogP contribution < -0.4 is 15.2 Å². The highest BCUT2D eigenvalue weighted by atomic mass is 35.5. The zero-order chi connectivity index (χ0) is 15.6. The van der Waals surface area contributed by atoms with Crippen LogP contribution in [0.3, 0.4) is 0 Å². The van der Waals surface area contributed by atoms with Crippen molar-refractivity contribution in [1.29, 1.82) is 0 Å². The Kier molecular flexibility index (Phi) is 4.24. The van der Waals surface area contributed by atoms with E-state index in [0.29, 0.717) is 22.2 Å². The highest BCUT2D eigenvalue weighted by Gasteiger charge is 2.20. The summed E-state index contributed by atoms with van der Waals surface area (Å²) < 4.78 is 32.4.